The van der Waals surface area contributed by atoms with Crippen LogP contribution in [0.1, 0.15) is 29.0 Å². The molecular weight excluding hydrogens is 258 g/mol. The number of benzene rings is 1. The molecule has 98 valence electrons. The zero-order valence-corrected chi connectivity index (χ0v) is 10.6. The van der Waals surface area contributed by atoms with Crippen LogP contribution < -0.4 is 5.32 Å². The van der Waals surface area contributed by atoms with Crippen LogP contribution in [0.5, 0.6) is 0 Å². The van der Waals surface area contributed by atoms with Crippen LogP contribution in [0.25, 0.3) is 0 Å². The predicted octanol–water partition coefficient (Wildman–Crippen LogP) is 2.60. The summed E-state index contributed by atoms with van der Waals surface area (Å²) in [6.07, 6.45) is 1.33. The first kappa shape index (κ1) is 13.4. The molecule has 1 aromatic rings. The van der Waals surface area contributed by atoms with Gasteiger partial charge < -0.3 is 5.32 Å². The van der Waals surface area contributed by atoms with Crippen molar-refractivity contribution in [3.8, 4) is 0 Å². The highest BCUT2D eigenvalue weighted by molar-refractivity contribution is 5.85. The van der Waals surface area contributed by atoms with E-state index in [-0.39, 0.29) is 24.1 Å². The Hall–Kier alpha value is -1.00. The van der Waals surface area contributed by atoms with E-state index in [4.69, 9.17) is 0 Å². The summed E-state index contributed by atoms with van der Waals surface area (Å²) in [5, 5.41) is 2.98. The van der Waals surface area contributed by atoms with Crippen molar-refractivity contribution < 1.29 is 8.78 Å². The Morgan fingerprint density at radius 3 is 2.94 bits per heavy atom. The van der Waals surface area contributed by atoms with Gasteiger partial charge in [0.1, 0.15) is 12.0 Å². The number of hydrogen-bond acceptors (Lipinski definition) is 2. The second-order valence-corrected chi connectivity index (χ2v) is 4.66. The number of rotatable bonds is 1. The molecule has 0 amide bonds. The first-order chi connectivity index (χ1) is 8.25. The molecule has 0 saturated carbocycles. The van der Waals surface area contributed by atoms with Crippen LogP contribution in [0.2, 0.25) is 0 Å². The molecule has 0 spiro atoms. The van der Waals surface area contributed by atoms with Crippen molar-refractivity contribution in [3.05, 3.63) is 34.6 Å². The monoisotopic (exact) mass is 272 g/mol. The number of fused-ring (bicyclic) bond motifs is 1. The molecule has 1 saturated heterocycles. The smallest absolute Gasteiger partial charge is 0.127 e. The van der Waals surface area contributed by atoms with Gasteiger partial charge in [-0.2, -0.15) is 0 Å². The van der Waals surface area contributed by atoms with Crippen molar-refractivity contribution in [2.24, 2.45) is 4.99 Å². The van der Waals surface area contributed by atoms with E-state index in [0.717, 1.165) is 17.7 Å². The van der Waals surface area contributed by atoms with Crippen LogP contribution in [0.15, 0.2) is 17.1 Å². The molecule has 0 aliphatic carbocycles. The van der Waals surface area contributed by atoms with E-state index < -0.39 is 6.17 Å². The average molecular weight is 273 g/mol. The summed E-state index contributed by atoms with van der Waals surface area (Å²) < 4.78 is 27.8. The van der Waals surface area contributed by atoms with Gasteiger partial charge in [-0.1, -0.05) is 0 Å². The van der Waals surface area contributed by atoms with Crippen LogP contribution in [-0.4, -0.2) is 25.5 Å². The van der Waals surface area contributed by atoms with Crippen LogP contribution in [0, 0.1) is 5.82 Å². The lowest BCUT2D eigenvalue weighted by Gasteiger charge is -2.27. The standard InChI is InChI=1S/C13H14F2N2.ClH/c14-12-4-9-6-17-5-8(9)3-11(12)10-1-2-16-7-13(10)15;/h3-4,6,10,13,16H,1-2,5,7H2;1H. The normalized spacial score (nSPS) is 25.7. The van der Waals surface area contributed by atoms with Crippen LogP contribution in [0.4, 0.5) is 8.78 Å². The van der Waals surface area contributed by atoms with Gasteiger partial charge in [0.15, 0.2) is 0 Å². The Bertz CT molecular complexity index is 476. The Kier molecular flexibility index (Phi) is 3.97. The van der Waals surface area contributed by atoms with Gasteiger partial charge in [-0.05, 0) is 36.2 Å². The fourth-order valence-corrected chi connectivity index (χ4v) is 2.61. The maximum atomic E-state index is 14.0. The fraction of sp³-hybridized carbons (Fsp3) is 0.462. The van der Waals surface area contributed by atoms with Gasteiger partial charge in [0.25, 0.3) is 0 Å². The third-order valence-corrected chi connectivity index (χ3v) is 3.56. The van der Waals surface area contributed by atoms with E-state index in [2.05, 4.69) is 10.3 Å². The van der Waals surface area contributed by atoms with Gasteiger partial charge in [0.2, 0.25) is 0 Å². The zero-order chi connectivity index (χ0) is 11.8. The Balaban J connectivity index is 0.00000120. The molecule has 2 unspecified atom stereocenters. The van der Waals surface area contributed by atoms with Crippen LogP contribution in [-0.2, 0) is 6.54 Å². The van der Waals surface area contributed by atoms with E-state index in [9.17, 15) is 8.78 Å². The summed E-state index contributed by atoms with van der Waals surface area (Å²) in [4.78, 5) is 4.10. The Labute approximate surface area is 111 Å². The molecule has 3 rings (SSSR count). The topological polar surface area (TPSA) is 24.4 Å². The molecule has 2 aliphatic heterocycles. The third kappa shape index (κ3) is 2.27. The van der Waals surface area contributed by atoms with Gasteiger partial charge in [-0.25, -0.2) is 8.78 Å². The van der Waals surface area contributed by atoms with Crippen molar-refractivity contribution in [2.75, 3.05) is 13.1 Å². The van der Waals surface area contributed by atoms with Crippen molar-refractivity contribution >= 4 is 18.6 Å². The molecule has 2 heterocycles. The molecule has 1 N–H and O–H groups in total. The molecule has 5 heteroatoms. The van der Waals surface area contributed by atoms with Gasteiger partial charge in [-0.15, -0.1) is 12.4 Å². The Morgan fingerprint density at radius 1 is 1.33 bits per heavy atom. The molecule has 2 nitrogen and oxygen atoms in total. The molecule has 18 heavy (non-hydrogen) atoms. The highest BCUT2D eigenvalue weighted by Gasteiger charge is 2.29. The van der Waals surface area contributed by atoms with E-state index in [0.29, 0.717) is 25.1 Å². The largest absolute Gasteiger partial charge is 0.314 e. The second kappa shape index (κ2) is 5.33. The summed E-state index contributed by atoms with van der Waals surface area (Å²) in [5.41, 5.74) is 2.35. The van der Waals surface area contributed by atoms with Gasteiger partial charge in [0, 0.05) is 24.2 Å². The first-order valence-corrected chi connectivity index (χ1v) is 5.92. The summed E-state index contributed by atoms with van der Waals surface area (Å²) in [5.74, 6) is -0.617. The minimum Gasteiger partial charge on any atom is -0.314 e. The van der Waals surface area contributed by atoms with E-state index in [1.165, 1.54) is 6.07 Å². The summed E-state index contributed by atoms with van der Waals surface area (Å²) in [6, 6.07) is 3.27. The van der Waals surface area contributed by atoms with Crippen LogP contribution >= 0.6 is 12.4 Å². The number of nitrogens with zero attached hydrogens (tertiary/aromatic N) is 1. The summed E-state index contributed by atoms with van der Waals surface area (Å²) >= 11 is 0. The highest BCUT2D eigenvalue weighted by Crippen LogP contribution is 2.32. The quantitative estimate of drug-likeness (QED) is 0.835. The maximum absolute atomic E-state index is 14.0. The lowest BCUT2D eigenvalue weighted by atomic mass is 9.87. The molecular formula is C13H15ClF2N2. The minimum atomic E-state index is -1.00. The van der Waals surface area contributed by atoms with Crippen LogP contribution in [0.3, 0.4) is 0 Å². The van der Waals surface area contributed by atoms with E-state index >= 15 is 0 Å². The van der Waals surface area contributed by atoms with E-state index in [1.54, 1.807) is 12.3 Å². The molecule has 0 bridgehead atoms. The molecule has 0 radical (unpaired) electrons. The molecule has 1 aromatic carbocycles. The second-order valence-electron chi connectivity index (χ2n) is 4.66. The van der Waals surface area contributed by atoms with Gasteiger partial charge >= 0.3 is 0 Å². The minimum absolute atomic E-state index is 0. The lowest BCUT2D eigenvalue weighted by molar-refractivity contribution is 0.228. The number of halogens is 3. The maximum Gasteiger partial charge on any atom is 0.127 e. The molecule has 1 fully saturated rings. The lowest BCUT2D eigenvalue weighted by Crippen LogP contribution is -2.37. The summed E-state index contributed by atoms with van der Waals surface area (Å²) in [6.45, 7) is 1.65. The molecule has 0 aromatic heterocycles. The average Bonchev–Trinajstić information content (AvgIpc) is 2.76. The fourth-order valence-electron chi connectivity index (χ4n) is 2.61. The van der Waals surface area contributed by atoms with Gasteiger partial charge in [-0.3, -0.25) is 4.99 Å². The number of nitrogens with one attached hydrogen (secondary N) is 1. The number of alkyl halides is 1. The summed E-state index contributed by atoms with van der Waals surface area (Å²) in [7, 11) is 0. The third-order valence-electron chi connectivity index (χ3n) is 3.56. The zero-order valence-electron chi connectivity index (χ0n) is 9.83. The SMILES string of the molecule is Cl.Fc1cc2c(cc1C1CCNCC1F)CN=C2. The number of piperidine rings is 1. The van der Waals surface area contributed by atoms with Crippen molar-refractivity contribution in [1.82, 2.24) is 5.32 Å². The number of hydrogen-bond donors (Lipinski definition) is 1. The van der Waals surface area contributed by atoms with Gasteiger partial charge in [0.05, 0.1) is 6.54 Å². The number of aliphatic imine (C=N–C) groups is 1. The Morgan fingerprint density at radius 2 is 2.17 bits per heavy atom. The molecule has 2 aliphatic rings. The predicted molar refractivity (Wildman–Crippen MR) is 70.1 cm³/mol. The first-order valence-electron chi connectivity index (χ1n) is 5.92. The highest BCUT2D eigenvalue weighted by atomic mass is 35.5. The van der Waals surface area contributed by atoms with Crippen molar-refractivity contribution in [2.45, 2.75) is 25.1 Å². The van der Waals surface area contributed by atoms with E-state index in [1.807, 2.05) is 0 Å². The van der Waals surface area contributed by atoms with Crippen molar-refractivity contribution in [1.29, 1.82) is 0 Å². The molecule has 2 atom stereocenters. The van der Waals surface area contributed by atoms with Crippen molar-refractivity contribution in [3.63, 3.8) is 0 Å².